The summed E-state index contributed by atoms with van der Waals surface area (Å²) in [7, 11) is 1.47. The highest BCUT2D eigenvalue weighted by Gasteiger charge is 2.65. The van der Waals surface area contributed by atoms with Gasteiger partial charge in [0.05, 0.1) is 19.1 Å². The maximum Gasteiger partial charge on any atom is 0.321 e. The molecule has 0 aromatic rings. The van der Waals surface area contributed by atoms with Gasteiger partial charge in [0.15, 0.2) is 0 Å². The summed E-state index contributed by atoms with van der Waals surface area (Å²) in [5.41, 5.74) is -0.146. The Morgan fingerprint density at radius 2 is 1.86 bits per heavy atom. The van der Waals surface area contributed by atoms with E-state index >= 15 is 0 Å². The van der Waals surface area contributed by atoms with Crippen molar-refractivity contribution >= 4 is 23.5 Å². The summed E-state index contributed by atoms with van der Waals surface area (Å²) in [4.78, 5) is 24.8. The van der Waals surface area contributed by atoms with Crippen molar-refractivity contribution in [3.8, 4) is 0 Å². The monoisotopic (exact) mass is 426 g/mol. The Labute approximate surface area is 178 Å². The van der Waals surface area contributed by atoms with Crippen LogP contribution in [0.2, 0.25) is 0 Å². The van der Waals surface area contributed by atoms with Crippen molar-refractivity contribution in [1.29, 1.82) is 0 Å². The van der Waals surface area contributed by atoms with E-state index in [1.54, 1.807) is 0 Å². The number of ether oxygens (including phenoxy) is 2. The molecule has 0 saturated heterocycles. The minimum absolute atomic E-state index is 0.0596. The first-order valence-electron chi connectivity index (χ1n) is 11.3. The molecule has 4 unspecified atom stereocenters. The van der Waals surface area contributed by atoms with Gasteiger partial charge in [-0.15, -0.1) is 11.6 Å². The molecule has 0 aromatic heterocycles. The van der Waals surface area contributed by atoms with Crippen LogP contribution in [-0.2, 0) is 19.1 Å². The van der Waals surface area contributed by atoms with Gasteiger partial charge in [0.2, 0.25) is 0 Å². The molecule has 164 valence electrons. The van der Waals surface area contributed by atoms with Crippen LogP contribution in [0.4, 0.5) is 0 Å². The molecular formula is C23H35ClO5. The molecule has 4 aliphatic carbocycles. The van der Waals surface area contributed by atoms with Gasteiger partial charge in [0.1, 0.15) is 12.0 Å². The highest BCUT2D eigenvalue weighted by molar-refractivity contribution is 6.26. The zero-order chi connectivity index (χ0) is 21.0. The predicted molar refractivity (Wildman–Crippen MR) is 109 cm³/mol. The molecule has 4 rings (SSSR count). The van der Waals surface area contributed by atoms with Crippen molar-refractivity contribution in [1.82, 2.24) is 0 Å². The second kappa shape index (κ2) is 7.71. The van der Waals surface area contributed by atoms with E-state index in [1.165, 1.54) is 7.11 Å². The van der Waals surface area contributed by atoms with Crippen LogP contribution < -0.4 is 0 Å². The zero-order valence-electron chi connectivity index (χ0n) is 17.9. The highest BCUT2D eigenvalue weighted by atomic mass is 35.5. The molecule has 0 radical (unpaired) electrons. The van der Waals surface area contributed by atoms with Gasteiger partial charge in [-0.25, -0.2) is 0 Å². The van der Waals surface area contributed by atoms with Crippen LogP contribution in [-0.4, -0.2) is 42.2 Å². The van der Waals surface area contributed by atoms with Gasteiger partial charge in [0, 0.05) is 5.92 Å². The van der Waals surface area contributed by atoms with Crippen LogP contribution in [0.1, 0.15) is 65.2 Å². The molecule has 4 aliphatic rings. The highest BCUT2D eigenvalue weighted by Crippen LogP contribution is 2.68. The quantitative estimate of drug-likeness (QED) is 0.546. The number of hydrogen-bond acceptors (Lipinski definition) is 5. The fourth-order valence-corrected chi connectivity index (χ4v) is 8.23. The molecule has 6 heteroatoms. The minimum atomic E-state index is -0.369. The molecule has 5 nitrogen and oxygen atoms in total. The molecule has 4 fully saturated rings. The average molecular weight is 427 g/mol. The van der Waals surface area contributed by atoms with Gasteiger partial charge in [-0.05, 0) is 80.0 Å². The number of fused-ring (bicyclic) bond motifs is 5. The zero-order valence-corrected chi connectivity index (χ0v) is 18.6. The topological polar surface area (TPSA) is 72.8 Å². The Bertz CT molecular complexity index is 668. The third kappa shape index (κ3) is 3.31. The molecular weight excluding hydrogens is 392 g/mol. The minimum Gasteiger partial charge on any atom is -0.469 e. The normalized spacial score (nSPS) is 48.8. The summed E-state index contributed by atoms with van der Waals surface area (Å²) < 4.78 is 11.1. The van der Waals surface area contributed by atoms with E-state index in [4.69, 9.17) is 21.1 Å². The molecule has 4 saturated carbocycles. The second-order valence-electron chi connectivity index (χ2n) is 10.5. The lowest BCUT2D eigenvalue weighted by Crippen LogP contribution is -2.60. The Hall–Kier alpha value is -0.810. The van der Waals surface area contributed by atoms with Crippen LogP contribution in [0.3, 0.4) is 0 Å². The number of hydrogen-bond donors (Lipinski definition) is 1. The fraction of sp³-hybridized carbons (Fsp3) is 0.913. The number of halogens is 1. The number of esters is 2. The number of aliphatic hydroxyl groups is 1. The van der Waals surface area contributed by atoms with Gasteiger partial charge >= 0.3 is 11.9 Å². The van der Waals surface area contributed by atoms with E-state index in [9.17, 15) is 14.7 Å². The summed E-state index contributed by atoms with van der Waals surface area (Å²) in [6.07, 6.45) is 7.00. The molecule has 1 N–H and O–H groups in total. The summed E-state index contributed by atoms with van der Waals surface area (Å²) in [6, 6.07) is 0. The number of rotatable bonds is 3. The maximum absolute atomic E-state index is 12.6. The Morgan fingerprint density at radius 3 is 2.55 bits per heavy atom. The molecule has 0 spiro atoms. The van der Waals surface area contributed by atoms with Gasteiger partial charge in [-0.3, -0.25) is 9.59 Å². The van der Waals surface area contributed by atoms with Gasteiger partial charge in [0.25, 0.3) is 0 Å². The first-order valence-corrected chi connectivity index (χ1v) is 11.8. The average Bonchev–Trinajstić information content (AvgIpc) is 3.04. The van der Waals surface area contributed by atoms with E-state index < -0.39 is 0 Å². The second-order valence-corrected chi connectivity index (χ2v) is 10.8. The van der Waals surface area contributed by atoms with Crippen molar-refractivity contribution in [2.45, 2.75) is 77.4 Å². The summed E-state index contributed by atoms with van der Waals surface area (Å²) in [5, 5.41) is 10.3. The molecule has 0 bridgehead atoms. The van der Waals surface area contributed by atoms with Crippen LogP contribution in [0, 0.1) is 40.4 Å². The number of carbonyl (C=O) groups is 2. The molecule has 9 atom stereocenters. The molecule has 0 heterocycles. The molecule has 0 aromatic carbocycles. The van der Waals surface area contributed by atoms with E-state index in [0.717, 1.165) is 44.9 Å². The van der Waals surface area contributed by atoms with Crippen molar-refractivity contribution in [3.63, 3.8) is 0 Å². The molecule has 29 heavy (non-hydrogen) atoms. The lowest BCUT2D eigenvalue weighted by molar-refractivity contribution is -0.199. The van der Waals surface area contributed by atoms with E-state index in [0.29, 0.717) is 24.2 Å². The Kier molecular flexibility index (Phi) is 5.69. The first kappa shape index (κ1) is 21.4. The van der Waals surface area contributed by atoms with Crippen LogP contribution in [0.5, 0.6) is 0 Å². The standard InChI is InChI=1S/C23H35ClO5/c1-22-9-8-14(25)10-13(22)4-5-15-16-6-7-17(21(27)28-3)23(16,2)11-18(20(15)22)29-19(26)12-24/h13-18,20,25H,4-12H2,1-3H3/t13?,14?,15-,16-,17?,18?,20-,22-,23-/m0/s1. The summed E-state index contributed by atoms with van der Waals surface area (Å²) in [6.45, 7) is 4.57. The molecule has 0 amide bonds. The largest absolute Gasteiger partial charge is 0.469 e. The Morgan fingerprint density at radius 1 is 1.10 bits per heavy atom. The summed E-state index contributed by atoms with van der Waals surface area (Å²) in [5.74, 6) is 0.855. The van der Waals surface area contributed by atoms with Crippen LogP contribution in [0.15, 0.2) is 0 Å². The number of carbonyl (C=O) groups excluding carboxylic acids is 2. The van der Waals surface area contributed by atoms with E-state index in [1.807, 2.05) is 0 Å². The smallest absolute Gasteiger partial charge is 0.321 e. The number of methoxy groups -OCH3 is 1. The van der Waals surface area contributed by atoms with Gasteiger partial charge < -0.3 is 14.6 Å². The van der Waals surface area contributed by atoms with E-state index in [2.05, 4.69) is 13.8 Å². The maximum atomic E-state index is 12.6. The van der Waals surface area contributed by atoms with Crippen LogP contribution >= 0.6 is 11.6 Å². The van der Waals surface area contributed by atoms with Gasteiger partial charge in [-0.1, -0.05) is 13.8 Å². The fourth-order valence-electron chi connectivity index (χ4n) is 8.16. The van der Waals surface area contributed by atoms with Crippen molar-refractivity contribution in [2.75, 3.05) is 13.0 Å². The van der Waals surface area contributed by atoms with Crippen molar-refractivity contribution in [2.24, 2.45) is 40.4 Å². The third-order valence-corrected chi connectivity index (χ3v) is 9.64. The summed E-state index contributed by atoms with van der Waals surface area (Å²) >= 11 is 5.80. The van der Waals surface area contributed by atoms with Crippen molar-refractivity contribution in [3.05, 3.63) is 0 Å². The van der Waals surface area contributed by atoms with Crippen molar-refractivity contribution < 1.29 is 24.2 Å². The van der Waals surface area contributed by atoms with Crippen LogP contribution in [0.25, 0.3) is 0 Å². The molecule has 0 aliphatic heterocycles. The lowest BCUT2D eigenvalue weighted by atomic mass is 9.44. The SMILES string of the molecule is COC(=O)C1CC[C@H]2[C@@H]3CCC4CC(O)CC[C@]4(C)[C@@H]3C(OC(=O)CCl)C[C@]12C. The predicted octanol–water partition coefficient (Wildman–Crippen LogP) is 3.94. The number of aliphatic hydroxyl groups excluding tert-OH is 1. The van der Waals surface area contributed by atoms with Gasteiger partial charge in [-0.2, -0.15) is 0 Å². The van der Waals surface area contributed by atoms with E-state index in [-0.39, 0.29) is 52.7 Å². The Balaban J connectivity index is 1.71. The lowest BCUT2D eigenvalue weighted by Gasteiger charge is -2.62. The first-order chi connectivity index (χ1) is 13.7. The third-order valence-electron chi connectivity index (χ3n) is 9.42. The number of alkyl halides is 1.